The van der Waals surface area contributed by atoms with Gasteiger partial charge in [0.15, 0.2) is 5.13 Å². The molecule has 30 heavy (non-hydrogen) atoms. The summed E-state index contributed by atoms with van der Waals surface area (Å²) >= 11 is 1.58. The quantitative estimate of drug-likeness (QED) is 0.576. The van der Waals surface area contributed by atoms with Gasteiger partial charge >= 0.3 is 0 Å². The van der Waals surface area contributed by atoms with Crippen LogP contribution in [-0.2, 0) is 11.3 Å². The summed E-state index contributed by atoms with van der Waals surface area (Å²) in [5, 5.41) is 5.02. The molecule has 7 nitrogen and oxygen atoms in total. The van der Waals surface area contributed by atoms with Crippen LogP contribution >= 0.6 is 23.7 Å². The van der Waals surface area contributed by atoms with Gasteiger partial charge in [0.25, 0.3) is 5.91 Å². The molecule has 0 saturated carbocycles. The molecule has 1 aliphatic heterocycles. The average molecular weight is 450 g/mol. The van der Waals surface area contributed by atoms with Crippen LogP contribution in [0.15, 0.2) is 24.4 Å². The minimum atomic E-state index is -0.0508. The van der Waals surface area contributed by atoms with Gasteiger partial charge in [-0.25, -0.2) is 4.98 Å². The summed E-state index contributed by atoms with van der Waals surface area (Å²) in [6, 6.07) is 6.05. The number of hydrogen-bond donors (Lipinski definition) is 0. The van der Waals surface area contributed by atoms with Crippen molar-refractivity contribution >= 4 is 45.0 Å². The van der Waals surface area contributed by atoms with E-state index < -0.39 is 0 Å². The monoisotopic (exact) mass is 449 g/mol. The molecule has 0 spiro atoms. The van der Waals surface area contributed by atoms with Gasteiger partial charge in [0.05, 0.1) is 23.4 Å². The van der Waals surface area contributed by atoms with E-state index in [-0.39, 0.29) is 18.3 Å². The number of aromatic nitrogens is 3. The number of ether oxygens (including phenoxy) is 1. The molecular weight excluding hydrogens is 422 g/mol. The second-order valence-electron chi connectivity index (χ2n) is 7.34. The smallest absolute Gasteiger partial charge is 0.278 e. The summed E-state index contributed by atoms with van der Waals surface area (Å²) in [7, 11) is 0. The van der Waals surface area contributed by atoms with E-state index in [1.54, 1.807) is 28.3 Å². The van der Waals surface area contributed by atoms with Crippen LogP contribution in [0.25, 0.3) is 10.2 Å². The first kappa shape index (κ1) is 22.7. The van der Waals surface area contributed by atoms with Crippen molar-refractivity contribution in [1.29, 1.82) is 0 Å². The highest BCUT2D eigenvalue weighted by Gasteiger charge is 2.25. The second-order valence-corrected chi connectivity index (χ2v) is 8.35. The molecule has 2 aromatic heterocycles. The molecule has 3 heterocycles. The zero-order chi connectivity index (χ0) is 20.4. The van der Waals surface area contributed by atoms with Crippen molar-refractivity contribution in [3.63, 3.8) is 0 Å². The number of nitrogens with zero attached hydrogens (tertiary/aromatic N) is 5. The van der Waals surface area contributed by atoms with Gasteiger partial charge in [0.2, 0.25) is 0 Å². The highest BCUT2D eigenvalue weighted by molar-refractivity contribution is 7.22. The van der Waals surface area contributed by atoms with Gasteiger partial charge in [-0.2, -0.15) is 5.10 Å². The number of aryl methyl sites for hydroxylation is 3. The first-order chi connectivity index (χ1) is 14.1. The van der Waals surface area contributed by atoms with Crippen molar-refractivity contribution in [2.24, 2.45) is 0 Å². The molecule has 0 unspecified atom stereocenters. The Morgan fingerprint density at radius 1 is 1.23 bits per heavy atom. The Hall–Kier alpha value is -2.00. The van der Waals surface area contributed by atoms with E-state index in [1.165, 1.54) is 11.1 Å². The van der Waals surface area contributed by atoms with Crippen molar-refractivity contribution < 1.29 is 9.53 Å². The van der Waals surface area contributed by atoms with Gasteiger partial charge in [-0.05, 0) is 50.1 Å². The SMILES string of the molecule is CCn1nccc1C(=O)N(CCN1CCOCC1)c1nc2cc(C)c(C)cc2s1.Cl. The lowest BCUT2D eigenvalue weighted by atomic mass is 10.1. The van der Waals surface area contributed by atoms with Gasteiger partial charge in [-0.3, -0.25) is 19.3 Å². The zero-order valence-corrected chi connectivity index (χ0v) is 19.3. The third-order valence-corrected chi connectivity index (χ3v) is 6.49. The minimum absolute atomic E-state index is 0. The maximum Gasteiger partial charge on any atom is 0.278 e. The van der Waals surface area contributed by atoms with Crippen LogP contribution in [0.4, 0.5) is 5.13 Å². The minimum Gasteiger partial charge on any atom is -0.379 e. The van der Waals surface area contributed by atoms with Crippen LogP contribution in [0.3, 0.4) is 0 Å². The van der Waals surface area contributed by atoms with Crippen LogP contribution < -0.4 is 4.90 Å². The third kappa shape index (κ3) is 4.67. The third-order valence-electron chi connectivity index (χ3n) is 5.45. The summed E-state index contributed by atoms with van der Waals surface area (Å²) in [5.41, 5.74) is 4.00. The molecule has 0 N–H and O–H groups in total. The number of amides is 1. The largest absolute Gasteiger partial charge is 0.379 e. The average Bonchev–Trinajstić information content (AvgIpc) is 3.36. The molecule has 0 atom stereocenters. The normalized spacial score (nSPS) is 14.6. The number of thiazole rings is 1. The molecule has 4 rings (SSSR count). The standard InChI is InChI=1S/C21H27N5O2S.ClH/c1-4-26-18(5-6-22-26)20(27)25(8-7-24-9-11-28-12-10-24)21-23-17-13-15(2)16(3)14-19(17)29-21;/h5-6,13-14H,4,7-12H2,1-3H3;1H. The zero-order valence-electron chi connectivity index (χ0n) is 17.6. The van der Waals surface area contributed by atoms with Crippen molar-refractivity contribution in [1.82, 2.24) is 19.7 Å². The van der Waals surface area contributed by atoms with Crippen LogP contribution in [0.5, 0.6) is 0 Å². The summed E-state index contributed by atoms with van der Waals surface area (Å²) in [4.78, 5) is 22.4. The number of morpholine rings is 1. The summed E-state index contributed by atoms with van der Waals surface area (Å²) in [5.74, 6) is -0.0508. The van der Waals surface area contributed by atoms with Crippen LogP contribution in [0, 0.1) is 13.8 Å². The molecule has 1 fully saturated rings. The number of rotatable bonds is 6. The predicted molar refractivity (Wildman–Crippen MR) is 123 cm³/mol. The molecule has 0 bridgehead atoms. The lowest BCUT2D eigenvalue weighted by Gasteiger charge is -2.29. The van der Waals surface area contributed by atoms with Gasteiger partial charge in [0.1, 0.15) is 5.69 Å². The molecule has 0 aliphatic carbocycles. The highest BCUT2D eigenvalue weighted by atomic mass is 35.5. The van der Waals surface area contributed by atoms with Crippen molar-refractivity contribution in [2.75, 3.05) is 44.3 Å². The van der Waals surface area contributed by atoms with E-state index in [1.807, 2.05) is 11.8 Å². The Morgan fingerprint density at radius 2 is 1.97 bits per heavy atom. The first-order valence-electron chi connectivity index (χ1n) is 10.1. The van der Waals surface area contributed by atoms with Gasteiger partial charge in [-0.1, -0.05) is 11.3 Å². The second kappa shape index (κ2) is 9.87. The van der Waals surface area contributed by atoms with E-state index in [0.29, 0.717) is 18.8 Å². The number of benzene rings is 1. The number of carbonyl (C=O) groups excluding carboxylic acids is 1. The molecule has 3 aromatic rings. The molecule has 9 heteroatoms. The highest BCUT2D eigenvalue weighted by Crippen LogP contribution is 2.31. The number of fused-ring (bicyclic) bond motifs is 1. The summed E-state index contributed by atoms with van der Waals surface area (Å²) < 4.78 is 8.30. The van der Waals surface area contributed by atoms with Crippen molar-refractivity contribution in [2.45, 2.75) is 27.3 Å². The molecule has 1 amide bonds. The van der Waals surface area contributed by atoms with Gasteiger partial charge in [-0.15, -0.1) is 12.4 Å². The fraction of sp³-hybridized carbons (Fsp3) is 0.476. The van der Waals surface area contributed by atoms with E-state index in [9.17, 15) is 4.79 Å². The maximum absolute atomic E-state index is 13.5. The Labute approximate surface area is 187 Å². The van der Waals surface area contributed by atoms with Crippen molar-refractivity contribution in [3.05, 3.63) is 41.2 Å². The van der Waals surface area contributed by atoms with E-state index in [2.05, 4.69) is 36.0 Å². The Morgan fingerprint density at radius 3 is 2.70 bits per heavy atom. The Bertz CT molecular complexity index is 973. The maximum atomic E-state index is 13.5. The molecule has 1 aromatic carbocycles. The van der Waals surface area contributed by atoms with Gasteiger partial charge in [0, 0.05) is 38.9 Å². The topological polar surface area (TPSA) is 63.5 Å². The molecular formula is C21H28ClN5O2S. The van der Waals surface area contributed by atoms with E-state index >= 15 is 0 Å². The lowest BCUT2D eigenvalue weighted by molar-refractivity contribution is 0.0391. The molecule has 0 radical (unpaired) electrons. The Balaban J connectivity index is 0.00000256. The Kier molecular flexibility index (Phi) is 7.46. The lowest BCUT2D eigenvalue weighted by Crippen LogP contribution is -2.43. The van der Waals surface area contributed by atoms with E-state index in [0.717, 1.165) is 48.2 Å². The van der Waals surface area contributed by atoms with Crippen molar-refractivity contribution in [3.8, 4) is 0 Å². The number of anilines is 1. The number of halogens is 1. The number of hydrogen-bond acceptors (Lipinski definition) is 6. The molecule has 1 saturated heterocycles. The summed E-state index contributed by atoms with van der Waals surface area (Å²) in [6.45, 7) is 11.5. The van der Waals surface area contributed by atoms with Crippen LogP contribution in [-0.4, -0.2) is 65.0 Å². The number of carbonyl (C=O) groups is 1. The van der Waals surface area contributed by atoms with Crippen LogP contribution in [0.1, 0.15) is 28.5 Å². The van der Waals surface area contributed by atoms with E-state index in [4.69, 9.17) is 9.72 Å². The summed E-state index contributed by atoms with van der Waals surface area (Å²) in [6.07, 6.45) is 1.68. The first-order valence-corrected chi connectivity index (χ1v) is 10.9. The molecule has 1 aliphatic rings. The predicted octanol–water partition coefficient (Wildman–Crippen LogP) is 3.53. The van der Waals surface area contributed by atoms with Crippen LogP contribution in [0.2, 0.25) is 0 Å². The molecule has 162 valence electrons. The van der Waals surface area contributed by atoms with Gasteiger partial charge < -0.3 is 4.74 Å². The fourth-order valence-electron chi connectivity index (χ4n) is 3.54. The fourth-order valence-corrected chi connectivity index (χ4v) is 4.61.